The van der Waals surface area contributed by atoms with Crippen molar-refractivity contribution in [1.82, 2.24) is 9.97 Å². The largest absolute Gasteiger partial charge is 0.486 e. The summed E-state index contributed by atoms with van der Waals surface area (Å²) in [4.78, 5) is 32.8. The van der Waals surface area contributed by atoms with Crippen LogP contribution in [0.1, 0.15) is 53.2 Å². The maximum atomic E-state index is 12.5. The lowest BCUT2D eigenvalue weighted by molar-refractivity contribution is 0.101. The SMILES string of the molecule is CC(=O)c1cc2c(cc1NC(=O)c1cnc(C(C)C)nc1)OCCO2. The molecule has 0 aliphatic carbocycles. The Morgan fingerprint density at radius 2 is 1.68 bits per heavy atom. The molecule has 1 amide bonds. The third-order valence-electron chi connectivity index (χ3n) is 3.76. The van der Waals surface area contributed by atoms with Gasteiger partial charge >= 0.3 is 0 Å². The second-order valence-electron chi connectivity index (χ2n) is 6.04. The number of nitrogens with zero attached hydrogens (tertiary/aromatic N) is 2. The van der Waals surface area contributed by atoms with Gasteiger partial charge in [0.05, 0.1) is 11.3 Å². The van der Waals surface area contributed by atoms with E-state index in [9.17, 15) is 9.59 Å². The third-order valence-corrected chi connectivity index (χ3v) is 3.76. The van der Waals surface area contributed by atoms with E-state index in [1.165, 1.54) is 19.3 Å². The van der Waals surface area contributed by atoms with Crippen LogP contribution in [0.15, 0.2) is 24.5 Å². The Kier molecular flexibility index (Phi) is 4.65. The minimum atomic E-state index is -0.394. The molecule has 0 fully saturated rings. The third kappa shape index (κ3) is 3.60. The summed E-state index contributed by atoms with van der Waals surface area (Å²) in [5, 5.41) is 2.73. The molecule has 0 radical (unpaired) electrons. The second kappa shape index (κ2) is 6.88. The number of rotatable bonds is 4. The van der Waals surface area contributed by atoms with Gasteiger partial charge in [-0.2, -0.15) is 0 Å². The lowest BCUT2D eigenvalue weighted by atomic mass is 10.1. The van der Waals surface area contributed by atoms with Crippen LogP contribution in [-0.4, -0.2) is 34.9 Å². The fourth-order valence-electron chi connectivity index (χ4n) is 2.43. The molecule has 7 heteroatoms. The Morgan fingerprint density at radius 1 is 1.08 bits per heavy atom. The minimum Gasteiger partial charge on any atom is -0.486 e. The number of ether oxygens (including phenoxy) is 2. The first-order chi connectivity index (χ1) is 12.0. The van der Waals surface area contributed by atoms with Crippen molar-refractivity contribution in [3.05, 3.63) is 41.5 Å². The van der Waals surface area contributed by atoms with E-state index in [2.05, 4.69) is 15.3 Å². The first-order valence-corrected chi connectivity index (χ1v) is 8.03. The lowest BCUT2D eigenvalue weighted by Crippen LogP contribution is -2.19. The summed E-state index contributed by atoms with van der Waals surface area (Å²) in [5.41, 5.74) is 1.04. The molecule has 1 N–H and O–H groups in total. The molecule has 0 saturated heterocycles. The van der Waals surface area contributed by atoms with Crippen molar-refractivity contribution >= 4 is 17.4 Å². The number of ketones is 1. The molecule has 0 atom stereocenters. The number of hydrogen-bond donors (Lipinski definition) is 1. The van der Waals surface area contributed by atoms with Gasteiger partial charge in [0.15, 0.2) is 17.3 Å². The standard InChI is InChI=1S/C18H19N3O4/c1-10(2)17-19-8-12(9-20-17)18(23)21-14-7-16-15(24-4-5-25-16)6-13(14)11(3)22/h6-10H,4-5H2,1-3H3,(H,21,23). The summed E-state index contributed by atoms with van der Waals surface area (Å²) < 4.78 is 11.0. The van der Waals surface area contributed by atoms with Crippen LogP contribution < -0.4 is 14.8 Å². The van der Waals surface area contributed by atoms with Gasteiger partial charge in [0.2, 0.25) is 0 Å². The van der Waals surface area contributed by atoms with E-state index in [0.717, 1.165) is 0 Å². The number of carbonyl (C=O) groups is 2. The highest BCUT2D eigenvalue weighted by atomic mass is 16.6. The first kappa shape index (κ1) is 16.9. The van der Waals surface area contributed by atoms with Gasteiger partial charge in [-0.3, -0.25) is 9.59 Å². The molecule has 130 valence electrons. The highest BCUT2D eigenvalue weighted by Gasteiger charge is 2.20. The van der Waals surface area contributed by atoms with Crippen molar-refractivity contribution in [2.75, 3.05) is 18.5 Å². The molecule has 25 heavy (non-hydrogen) atoms. The number of benzene rings is 1. The van der Waals surface area contributed by atoms with E-state index < -0.39 is 5.91 Å². The van der Waals surface area contributed by atoms with Gasteiger partial charge in [-0.1, -0.05) is 13.8 Å². The fourth-order valence-corrected chi connectivity index (χ4v) is 2.43. The summed E-state index contributed by atoms with van der Waals surface area (Å²) >= 11 is 0. The van der Waals surface area contributed by atoms with Gasteiger partial charge in [0, 0.05) is 29.9 Å². The molecular weight excluding hydrogens is 322 g/mol. The summed E-state index contributed by atoms with van der Waals surface area (Å²) in [7, 11) is 0. The molecule has 1 aliphatic heterocycles. The number of carbonyl (C=O) groups excluding carboxylic acids is 2. The quantitative estimate of drug-likeness (QED) is 0.860. The monoisotopic (exact) mass is 341 g/mol. The van der Waals surface area contributed by atoms with Crippen molar-refractivity contribution in [2.24, 2.45) is 0 Å². The van der Waals surface area contributed by atoms with Gasteiger partial charge in [0.1, 0.15) is 19.0 Å². The molecule has 0 spiro atoms. The molecule has 1 aromatic heterocycles. The van der Waals surface area contributed by atoms with Crippen LogP contribution in [0.2, 0.25) is 0 Å². The number of Topliss-reactive ketones (excluding diaryl/α,β-unsaturated/α-hetero) is 1. The van der Waals surface area contributed by atoms with Crippen molar-refractivity contribution in [2.45, 2.75) is 26.7 Å². The Balaban J connectivity index is 1.88. The average Bonchev–Trinajstić information content (AvgIpc) is 2.61. The average molecular weight is 341 g/mol. The molecule has 0 bridgehead atoms. The molecule has 1 aliphatic rings. The smallest absolute Gasteiger partial charge is 0.258 e. The van der Waals surface area contributed by atoms with Crippen LogP contribution in [0.5, 0.6) is 11.5 Å². The van der Waals surface area contributed by atoms with Crippen molar-refractivity contribution in [3.63, 3.8) is 0 Å². The Hall–Kier alpha value is -2.96. The van der Waals surface area contributed by atoms with Gasteiger partial charge in [-0.05, 0) is 13.0 Å². The van der Waals surface area contributed by atoms with Gasteiger partial charge < -0.3 is 14.8 Å². The van der Waals surface area contributed by atoms with Crippen molar-refractivity contribution in [3.8, 4) is 11.5 Å². The van der Waals surface area contributed by atoms with E-state index in [0.29, 0.717) is 47.4 Å². The molecule has 0 unspecified atom stereocenters. The van der Waals surface area contributed by atoms with Gasteiger partial charge in [-0.25, -0.2) is 9.97 Å². The van der Waals surface area contributed by atoms with E-state index in [-0.39, 0.29) is 11.7 Å². The number of hydrogen-bond acceptors (Lipinski definition) is 6. The normalized spacial score (nSPS) is 12.8. The molecule has 3 rings (SSSR count). The fraction of sp³-hybridized carbons (Fsp3) is 0.333. The molecular formula is C18H19N3O4. The number of amides is 1. The minimum absolute atomic E-state index is 0.180. The van der Waals surface area contributed by atoms with Gasteiger partial charge in [0.25, 0.3) is 5.91 Å². The Bertz CT molecular complexity index is 816. The molecule has 2 heterocycles. The van der Waals surface area contributed by atoms with Crippen molar-refractivity contribution < 1.29 is 19.1 Å². The van der Waals surface area contributed by atoms with Crippen LogP contribution in [0, 0.1) is 0 Å². The zero-order valence-corrected chi connectivity index (χ0v) is 14.3. The summed E-state index contributed by atoms with van der Waals surface area (Å²) in [5.74, 6) is 1.27. The molecule has 7 nitrogen and oxygen atoms in total. The molecule has 2 aromatic rings. The Labute approximate surface area is 145 Å². The number of aromatic nitrogens is 2. The number of fused-ring (bicyclic) bond motifs is 1. The van der Waals surface area contributed by atoms with Crippen molar-refractivity contribution in [1.29, 1.82) is 0 Å². The van der Waals surface area contributed by atoms with E-state index in [4.69, 9.17) is 9.47 Å². The van der Waals surface area contributed by atoms with Crippen LogP contribution in [0.4, 0.5) is 5.69 Å². The van der Waals surface area contributed by atoms with Crippen LogP contribution >= 0.6 is 0 Å². The molecule has 1 aromatic carbocycles. The summed E-state index contributed by atoms with van der Waals surface area (Å²) in [6.45, 7) is 6.23. The number of anilines is 1. The van der Waals surface area contributed by atoms with Crippen LogP contribution in [-0.2, 0) is 0 Å². The summed E-state index contributed by atoms with van der Waals surface area (Å²) in [6, 6.07) is 3.19. The van der Waals surface area contributed by atoms with E-state index in [1.54, 1.807) is 12.1 Å². The van der Waals surface area contributed by atoms with Crippen LogP contribution in [0.3, 0.4) is 0 Å². The zero-order chi connectivity index (χ0) is 18.0. The maximum Gasteiger partial charge on any atom is 0.258 e. The Morgan fingerprint density at radius 3 is 2.24 bits per heavy atom. The van der Waals surface area contributed by atoms with E-state index in [1.807, 2.05) is 13.8 Å². The molecule has 0 saturated carbocycles. The summed E-state index contributed by atoms with van der Waals surface area (Å²) in [6.07, 6.45) is 2.95. The predicted molar refractivity (Wildman–Crippen MR) is 91.5 cm³/mol. The number of nitrogens with one attached hydrogen (secondary N) is 1. The van der Waals surface area contributed by atoms with Gasteiger partial charge in [-0.15, -0.1) is 0 Å². The topological polar surface area (TPSA) is 90.4 Å². The first-order valence-electron chi connectivity index (χ1n) is 8.03. The maximum absolute atomic E-state index is 12.5. The zero-order valence-electron chi connectivity index (χ0n) is 14.3. The highest BCUT2D eigenvalue weighted by Crippen LogP contribution is 2.36. The lowest BCUT2D eigenvalue weighted by Gasteiger charge is -2.20. The van der Waals surface area contributed by atoms with Crippen LogP contribution in [0.25, 0.3) is 0 Å². The highest BCUT2D eigenvalue weighted by molar-refractivity contribution is 6.09. The predicted octanol–water partition coefficient (Wildman–Crippen LogP) is 2.83. The van der Waals surface area contributed by atoms with E-state index >= 15 is 0 Å². The second-order valence-corrected chi connectivity index (χ2v) is 6.04.